The van der Waals surface area contributed by atoms with Gasteiger partial charge in [0.15, 0.2) is 0 Å². The molecule has 0 atom stereocenters. The van der Waals surface area contributed by atoms with Crippen LogP contribution in [0.15, 0.2) is 72.6 Å². The molecule has 0 radical (unpaired) electrons. The molecule has 0 fully saturated rings. The minimum absolute atomic E-state index is 0.776. The summed E-state index contributed by atoms with van der Waals surface area (Å²) in [4.78, 5) is 2.08. The molecule has 0 saturated heterocycles. The summed E-state index contributed by atoms with van der Waals surface area (Å²) in [5.74, 6) is 0. The van der Waals surface area contributed by atoms with Crippen molar-refractivity contribution in [2.24, 2.45) is 5.73 Å². The number of hydrogen-bond acceptors (Lipinski definition) is 2. The lowest BCUT2D eigenvalue weighted by Gasteiger charge is -2.21. The van der Waals surface area contributed by atoms with Gasteiger partial charge in [-0.15, -0.1) is 0 Å². The highest BCUT2D eigenvalue weighted by molar-refractivity contribution is 5.65. The molecular formula is C15H16N2. The van der Waals surface area contributed by atoms with E-state index in [-0.39, 0.29) is 0 Å². The van der Waals surface area contributed by atoms with Gasteiger partial charge in [0.2, 0.25) is 0 Å². The van der Waals surface area contributed by atoms with Crippen LogP contribution < -0.4 is 10.6 Å². The zero-order chi connectivity index (χ0) is 12.1. The van der Waals surface area contributed by atoms with Gasteiger partial charge in [0.1, 0.15) is 0 Å². The molecule has 0 bridgehead atoms. The normalized spacial score (nSPS) is 11.2. The predicted molar refractivity (Wildman–Crippen MR) is 73.0 cm³/mol. The van der Waals surface area contributed by atoms with Crippen molar-refractivity contribution in [3.05, 3.63) is 72.6 Å². The van der Waals surface area contributed by atoms with Crippen molar-refractivity contribution in [2.75, 3.05) is 4.90 Å². The Hall–Kier alpha value is -2.22. The molecular weight excluding hydrogens is 208 g/mol. The van der Waals surface area contributed by atoms with Gasteiger partial charge in [0.25, 0.3) is 0 Å². The van der Waals surface area contributed by atoms with Gasteiger partial charge >= 0.3 is 0 Å². The van der Waals surface area contributed by atoms with E-state index in [1.807, 2.05) is 49.5 Å². The average Bonchev–Trinajstić information content (AvgIpc) is 2.38. The van der Waals surface area contributed by atoms with Gasteiger partial charge in [-0.3, -0.25) is 0 Å². The first-order chi connectivity index (χ1) is 8.27. The zero-order valence-electron chi connectivity index (χ0n) is 9.88. The molecule has 2 N–H and O–H groups in total. The number of rotatable bonds is 3. The molecule has 0 aromatic heterocycles. The second-order valence-electron chi connectivity index (χ2n) is 3.91. The second kappa shape index (κ2) is 5.21. The first kappa shape index (κ1) is 11.3. The van der Waals surface area contributed by atoms with Gasteiger partial charge in [-0.1, -0.05) is 36.4 Å². The molecule has 2 rings (SSSR count). The minimum Gasteiger partial charge on any atom is -0.401 e. The average molecular weight is 224 g/mol. The Balaban J connectivity index is 2.43. The summed E-state index contributed by atoms with van der Waals surface area (Å²) < 4.78 is 0. The number of allylic oxidation sites excluding steroid dienone is 1. The second-order valence-corrected chi connectivity index (χ2v) is 3.91. The molecule has 0 heterocycles. The van der Waals surface area contributed by atoms with E-state index < -0.39 is 0 Å². The Kier molecular flexibility index (Phi) is 3.46. The molecule has 0 aliphatic heterocycles. The molecule has 0 spiro atoms. The highest BCUT2D eigenvalue weighted by Crippen LogP contribution is 2.25. The Morgan fingerprint density at radius 3 is 1.65 bits per heavy atom. The van der Waals surface area contributed by atoms with Crippen molar-refractivity contribution in [3.8, 4) is 0 Å². The fourth-order valence-corrected chi connectivity index (χ4v) is 1.68. The van der Waals surface area contributed by atoms with E-state index in [1.54, 1.807) is 0 Å². The summed E-state index contributed by atoms with van der Waals surface area (Å²) in [5, 5.41) is 0. The highest BCUT2D eigenvalue weighted by Gasteiger charge is 2.05. The van der Waals surface area contributed by atoms with Gasteiger partial charge < -0.3 is 10.6 Å². The SMILES string of the molecule is C/C(N)=C/N(c1ccccc1)c1ccccc1. The summed E-state index contributed by atoms with van der Waals surface area (Å²) in [6.45, 7) is 1.89. The van der Waals surface area contributed by atoms with Crippen LogP contribution in [0.5, 0.6) is 0 Å². The van der Waals surface area contributed by atoms with Crippen LogP contribution in [-0.2, 0) is 0 Å². The van der Waals surface area contributed by atoms with Crippen molar-refractivity contribution in [1.29, 1.82) is 0 Å². The lowest BCUT2D eigenvalue weighted by Crippen LogP contribution is -2.11. The molecule has 2 aromatic carbocycles. The van der Waals surface area contributed by atoms with Gasteiger partial charge in [0, 0.05) is 23.3 Å². The van der Waals surface area contributed by atoms with Crippen molar-refractivity contribution in [1.82, 2.24) is 0 Å². The van der Waals surface area contributed by atoms with E-state index in [2.05, 4.69) is 29.2 Å². The number of benzene rings is 2. The third kappa shape index (κ3) is 2.88. The third-order valence-electron chi connectivity index (χ3n) is 2.40. The lowest BCUT2D eigenvalue weighted by molar-refractivity contribution is 1.20. The van der Waals surface area contributed by atoms with Crippen LogP contribution in [0.1, 0.15) is 6.92 Å². The van der Waals surface area contributed by atoms with E-state index in [0.717, 1.165) is 17.1 Å². The van der Waals surface area contributed by atoms with E-state index >= 15 is 0 Å². The van der Waals surface area contributed by atoms with Crippen LogP contribution in [0.4, 0.5) is 11.4 Å². The quantitative estimate of drug-likeness (QED) is 0.862. The number of nitrogens with two attached hydrogens (primary N) is 1. The van der Waals surface area contributed by atoms with E-state index in [4.69, 9.17) is 5.73 Å². The van der Waals surface area contributed by atoms with E-state index in [1.165, 1.54) is 0 Å². The fourth-order valence-electron chi connectivity index (χ4n) is 1.68. The van der Waals surface area contributed by atoms with Crippen LogP contribution >= 0.6 is 0 Å². The number of hydrogen-bond donors (Lipinski definition) is 1. The maximum Gasteiger partial charge on any atom is 0.0456 e. The first-order valence-corrected chi connectivity index (χ1v) is 5.60. The largest absolute Gasteiger partial charge is 0.401 e. The Labute approximate surface area is 102 Å². The smallest absolute Gasteiger partial charge is 0.0456 e. The van der Waals surface area contributed by atoms with Crippen LogP contribution in [0.3, 0.4) is 0 Å². The summed E-state index contributed by atoms with van der Waals surface area (Å²) in [5.41, 5.74) is 8.76. The summed E-state index contributed by atoms with van der Waals surface area (Å²) in [7, 11) is 0. The molecule has 0 saturated carbocycles. The molecule has 17 heavy (non-hydrogen) atoms. The van der Waals surface area contributed by atoms with Gasteiger partial charge in [-0.2, -0.15) is 0 Å². The van der Waals surface area contributed by atoms with Crippen LogP contribution in [-0.4, -0.2) is 0 Å². The first-order valence-electron chi connectivity index (χ1n) is 5.60. The van der Waals surface area contributed by atoms with Crippen LogP contribution in [0.25, 0.3) is 0 Å². The zero-order valence-corrected chi connectivity index (χ0v) is 9.88. The van der Waals surface area contributed by atoms with Crippen molar-refractivity contribution in [3.63, 3.8) is 0 Å². The van der Waals surface area contributed by atoms with Crippen LogP contribution in [0, 0.1) is 0 Å². The van der Waals surface area contributed by atoms with Gasteiger partial charge in [-0.25, -0.2) is 0 Å². The van der Waals surface area contributed by atoms with Gasteiger partial charge in [0.05, 0.1) is 0 Å². The molecule has 0 aliphatic rings. The summed E-state index contributed by atoms with van der Waals surface area (Å²) in [6.07, 6.45) is 1.94. The molecule has 2 aromatic rings. The Morgan fingerprint density at radius 1 is 0.882 bits per heavy atom. The van der Waals surface area contributed by atoms with Crippen molar-refractivity contribution < 1.29 is 0 Å². The fraction of sp³-hybridized carbons (Fsp3) is 0.0667. The summed E-state index contributed by atoms with van der Waals surface area (Å²) in [6, 6.07) is 20.3. The molecule has 0 unspecified atom stereocenters. The Morgan fingerprint density at radius 2 is 1.29 bits per heavy atom. The van der Waals surface area contributed by atoms with Crippen molar-refractivity contribution >= 4 is 11.4 Å². The Bertz CT molecular complexity index is 445. The van der Waals surface area contributed by atoms with Gasteiger partial charge in [-0.05, 0) is 31.2 Å². The third-order valence-corrected chi connectivity index (χ3v) is 2.40. The predicted octanol–water partition coefficient (Wildman–Crippen LogP) is 3.64. The highest BCUT2D eigenvalue weighted by atomic mass is 15.1. The number of anilines is 2. The summed E-state index contributed by atoms with van der Waals surface area (Å²) >= 11 is 0. The topological polar surface area (TPSA) is 29.3 Å². The monoisotopic (exact) mass is 224 g/mol. The molecule has 2 nitrogen and oxygen atoms in total. The molecule has 86 valence electrons. The van der Waals surface area contributed by atoms with E-state index in [9.17, 15) is 0 Å². The maximum atomic E-state index is 5.79. The standard InChI is InChI=1S/C15H16N2/c1-13(16)12-17(14-8-4-2-5-9-14)15-10-6-3-7-11-15/h2-12H,16H2,1H3/b13-12-. The molecule has 0 amide bonds. The minimum atomic E-state index is 0.776. The van der Waals surface area contributed by atoms with Crippen molar-refractivity contribution in [2.45, 2.75) is 6.92 Å². The molecule has 2 heteroatoms. The lowest BCUT2D eigenvalue weighted by atomic mass is 10.2. The number of para-hydroxylation sites is 2. The van der Waals surface area contributed by atoms with E-state index in [0.29, 0.717) is 0 Å². The molecule has 0 aliphatic carbocycles. The maximum absolute atomic E-state index is 5.79. The number of nitrogens with zero attached hydrogens (tertiary/aromatic N) is 1. The van der Waals surface area contributed by atoms with Crippen LogP contribution in [0.2, 0.25) is 0 Å².